The minimum atomic E-state index is -4.82. The quantitative estimate of drug-likeness (QED) is 0.582. The average Bonchev–Trinajstić information content (AvgIpc) is 3.07. The predicted molar refractivity (Wildman–Crippen MR) is 93.2 cm³/mol. The largest absolute Gasteiger partial charge is 0.573 e. The number of halogens is 3. The van der Waals surface area contributed by atoms with E-state index in [1.54, 1.807) is 30.6 Å². The first-order valence-electron chi connectivity index (χ1n) is 8.12. The minimum absolute atomic E-state index is 0.0599. The predicted octanol–water partition coefficient (Wildman–Crippen LogP) is 2.99. The van der Waals surface area contributed by atoms with E-state index in [1.165, 1.54) is 29.1 Å². The van der Waals surface area contributed by atoms with E-state index >= 15 is 0 Å². The summed E-state index contributed by atoms with van der Waals surface area (Å²) in [6.45, 7) is 0. The van der Waals surface area contributed by atoms with Crippen molar-refractivity contribution in [3.8, 4) is 11.4 Å². The van der Waals surface area contributed by atoms with Crippen LogP contribution < -0.4 is 10.3 Å². The summed E-state index contributed by atoms with van der Waals surface area (Å²) in [6, 6.07) is 9.15. The van der Waals surface area contributed by atoms with Crippen molar-refractivity contribution in [2.24, 2.45) is 0 Å². The Balaban J connectivity index is 1.76. The molecular formula is C18H12F3N5O2. The lowest BCUT2D eigenvalue weighted by molar-refractivity contribution is -0.274. The summed E-state index contributed by atoms with van der Waals surface area (Å²) in [4.78, 5) is 23.3. The normalized spacial score (nSPS) is 11.7. The molecule has 3 aromatic heterocycles. The zero-order valence-electron chi connectivity index (χ0n) is 14.1. The smallest absolute Gasteiger partial charge is 0.405 e. The SMILES string of the molecule is O=c1[nH]c(Cc2ccccc2OC(F)(F)F)nc2c1cnn2-c1cccnc1. The number of fused-ring (bicyclic) bond motifs is 1. The van der Waals surface area contributed by atoms with E-state index in [-0.39, 0.29) is 34.6 Å². The van der Waals surface area contributed by atoms with Gasteiger partial charge in [0, 0.05) is 18.2 Å². The third kappa shape index (κ3) is 3.56. The fourth-order valence-corrected chi connectivity index (χ4v) is 2.77. The molecule has 0 aliphatic rings. The molecular weight excluding hydrogens is 375 g/mol. The molecule has 4 rings (SSSR count). The Hall–Kier alpha value is -3.69. The maximum absolute atomic E-state index is 12.6. The first kappa shape index (κ1) is 17.7. The van der Waals surface area contributed by atoms with Gasteiger partial charge < -0.3 is 9.72 Å². The number of benzene rings is 1. The molecule has 1 N–H and O–H groups in total. The summed E-state index contributed by atoms with van der Waals surface area (Å²) >= 11 is 0. The number of pyridine rings is 1. The van der Waals surface area contributed by atoms with Crippen molar-refractivity contribution in [1.82, 2.24) is 24.7 Å². The van der Waals surface area contributed by atoms with Crippen LogP contribution in [0.1, 0.15) is 11.4 Å². The van der Waals surface area contributed by atoms with Crippen LogP contribution in [0.2, 0.25) is 0 Å². The third-order valence-corrected chi connectivity index (χ3v) is 3.93. The van der Waals surface area contributed by atoms with E-state index in [2.05, 4.69) is 24.8 Å². The molecule has 3 heterocycles. The van der Waals surface area contributed by atoms with Crippen molar-refractivity contribution in [2.75, 3.05) is 0 Å². The van der Waals surface area contributed by atoms with E-state index in [0.717, 1.165) is 0 Å². The molecule has 4 aromatic rings. The molecule has 0 aliphatic heterocycles. The number of para-hydroxylation sites is 1. The highest BCUT2D eigenvalue weighted by Gasteiger charge is 2.32. The second kappa shape index (κ2) is 6.80. The number of H-pyrrole nitrogens is 1. The van der Waals surface area contributed by atoms with Crippen LogP contribution in [0.5, 0.6) is 5.75 Å². The Kier molecular flexibility index (Phi) is 4.30. The van der Waals surface area contributed by atoms with Crippen molar-refractivity contribution in [2.45, 2.75) is 12.8 Å². The highest BCUT2D eigenvalue weighted by molar-refractivity contribution is 5.75. The van der Waals surface area contributed by atoms with Gasteiger partial charge in [-0.15, -0.1) is 13.2 Å². The van der Waals surface area contributed by atoms with Gasteiger partial charge in [-0.1, -0.05) is 18.2 Å². The first-order valence-corrected chi connectivity index (χ1v) is 8.12. The Bertz CT molecular complexity index is 1190. The highest BCUT2D eigenvalue weighted by Crippen LogP contribution is 2.27. The fourth-order valence-electron chi connectivity index (χ4n) is 2.77. The molecule has 0 spiro atoms. The summed E-state index contributed by atoms with van der Waals surface area (Å²) in [6.07, 6.45) is -0.353. The molecule has 0 amide bonds. The second-order valence-corrected chi connectivity index (χ2v) is 5.85. The molecule has 0 radical (unpaired) electrons. The number of nitrogens with zero attached hydrogens (tertiary/aromatic N) is 4. The van der Waals surface area contributed by atoms with E-state index < -0.39 is 11.9 Å². The molecule has 0 fully saturated rings. The van der Waals surface area contributed by atoms with Gasteiger partial charge in [-0.2, -0.15) is 5.10 Å². The standard InChI is InChI=1S/C18H12F3N5O2/c19-18(20,21)28-14-6-2-1-4-11(14)8-15-24-16-13(17(27)25-15)10-23-26(16)12-5-3-7-22-9-12/h1-7,9-10H,8H2,(H,24,25,27). The highest BCUT2D eigenvalue weighted by atomic mass is 19.4. The fraction of sp³-hybridized carbons (Fsp3) is 0.111. The first-order chi connectivity index (χ1) is 13.4. The van der Waals surface area contributed by atoms with Crippen LogP contribution in [0.4, 0.5) is 13.2 Å². The molecule has 0 aliphatic carbocycles. The van der Waals surface area contributed by atoms with Crippen molar-refractivity contribution < 1.29 is 17.9 Å². The molecule has 28 heavy (non-hydrogen) atoms. The molecule has 142 valence electrons. The monoisotopic (exact) mass is 387 g/mol. The second-order valence-electron chi connectivity index (χ2n) is 5.85. The van der Waals surface area contributed by atoms with Crippen molar-refractivity contribution in [3.05, 3.63) is 76.7 Å². The van der Waals surface area contributed by atoms with Gasteiger partial charge in [-0.3, -0.25) is 9.78 Å². The zero-order valence-corrected chi connectivity index (χ0v) is 14.1. The van der Waals surface area contributed by atoms with E-state index in [9.17, 15) is 18.0 Å². The number of rotatable bonds is 4. The molecule has 0 unspecified atom stereocenters. The van der Waals surface area contributed by atoms with Crippen molar-refractivity contribution >= 4 is 11.0 Å². The van der Waals surface area contributed by atoms with Crippen LogP contribution >= 0.6 is 0 Å². The molecule has 0 saturated heterocycles. The molecule has 7 nitrogen and oxygen atoms in total. The summed E-state index contributed by atoms with van der Waals surface area (Å²) in [7, 11) is 0. The number of hydrogen-bond acceptors (Lipinski definition) is 5. The number of ether oxygens (including phenoxy) is 1. The lowest BCUT2D eigenvalue weighted by atomic mass is 10.1. The number of alkyl halides is 3. The van der Waals surface area contributed by atoms with Crippen LogP contribution in [0.15, 0.2) is 59.8 Å². The molecule has 0 atom stereocenters. The van der Waals surface area contributed by atoms with Crippen molar-refractivity contribution in [3.63, 3.8) is 0 Å². The van der Waals surface area contributed by atoms with Crippen LogP contribution in [0.3, 0.4) is 0 Å². The lowest BCUT2D eigenvalue weighted by Gasteiger charge is -2.13. The molecule has 0 saturated carbocycles. The zero-order chi connectivity index (χ0) is 19.7. The van der Waals surface area contributed by atoms with E-state index in [4.69, 9.17) is 0 Å². The molecule has 0 bridgehead atoms. The van der Waals surface area contributed by atoms with Gasteiger partial charge in [-0.25, -0.2) is 9.67 Å². The van der Waals surface area contributed by atoms with Crippen molar-refractivity contribution in [1.29, 1.82) is 0 Å². The maximum Gasteiger partial charge on any atom is 0.573 e. The maximum atomic E-state index is 12.6. The Morgan fingerprint density at radius 2 is 1.93 bits per heavy atom. The minimum Gasteiger partial charge on any atom is -0.405 e. The van der Waals surface area contributed by atoms with Gasteiger partial charge in [0.2, 0.25) is 0 Å². The Labute approximate surface area is 155 Å². The summed E-state index contributed by atoms with van der Waals surface area (Å²) in [5.74, 6) is -0.167. The van der Waals surface area contributed by atoms with Gasteiger partial charge in [0.1, 0.15) is 17.0 Å². The van der Waals surface area contributed by atoms with Gasteiger partial charge in [-0.05, 0) is 18.2 Å². The van der Waals surface area contributed by atoms with Gasteiger partial charge in [0.05, 0.1) is 18.1 Å². The molecule has 10 heteroatoms. The Morgan fingerprint density at radius 3 is 2.68 bits per heavy atom. The third-order valence-electron chi connectivity index (χ3n) is 3.93. The Morgan fingerprint density at radius 1 is 1.11 bits per heavy atom. The summed E-state index contributed by atoms with van der Waals surface area (Å²) in [5, 5.41) is 4.42. The van der Waals surface area contributed by atoms with Gasteiger partial charge in [0.15, 0.2) is 5.65 Å². The van der Waals surface area contributed by atoms with Gasteiger partial charge >= 0.3 is 6.36 Å². The summed E-state index contributed by atoms with van der Waals surface area (Å²) in [5.41, 5.74) is 0.669. The van der Waals surface area contributed by atoms with Crippen LogP contribution in [0, 0.1) is 0 Å². The lowest BCUT2D eigenvalue weighted by Crippen LogP contribution is -2.18. The molecule has 1 aromatic carbocycles. The number of nitrogens with one attached hydrogen (secondary N) is 1. The van der Waals surface area contributed by atoms with Crippen LogP contribution in [0.25, 0.3) is 16.7 Å². The topological polar surface area (TPSA) is 85.7 Å². The summed E-state index contributed by atoms with van der Waals surface area (Å²) < 4.78 is 43.4. The van der Waals surface area contributed by atoms with Crippen LogP contribution in [-0.4, -0.2) is 31.1 Å². The van der Waals surface area contributed by atoms with Crippen LogP contribution in [-0.2, 0) is 6.42 Å². The number of aromatic nitrogens is 5. The van der Waals surface area contributed by atoms with Gasteiger partial charge in [0.25, 0.3) is 5.56 Å². The number of aromatic amines is 1. The van der Waals surface area contributed by atoms with E-state index in [1.807, 2.05) is 0 Å². The average molecular weight is 387 g/mol. The van der Waals surface area contributed by atoms with E-state index in [0.29, 0.717) is 5.69 Å². The number of hydrogen-bond donors (Lipinski definition) is 1.